The van der Waals surface area contributed by atoms with E-state index in [9.17, 15) is 18.7 Å². The predicted octanol–water partition coefficient (Wildman–Crippen LogP) is 1.34. The summed E-state index contributed by atoms with van der Waals surface area (Å²) in [6, 6.07) is 1.72. The highest BCUT2D eigenvalue weighted by Gasteiger charge is 2.30. The number of halogens is 2. The third-order valence-electron chi connectivity index (χ3n) is 4.72. The number of amides is 1. The molecule has 1 atom stereocenters. The number of nitrogens with zero attached hydrogens (tertiary/aromatic N) is 4. The molecule has 0 spiro atoms. The predicted molar refractivity (Wildman–Crippen MR) is 79.2 cm³/mol. The fourth-order valence-corrected chi connectivity index (χ4v) is 3.47. The Morgan fingerprint density at radius 2 is 2.00 bits per heavy atom. The molecule has 128 valence electrons. The normalized spacial score (nSPS) is 24.3. The van der Waals surface area contributed by atoms with E-state index < -0.39 is 6.55 Å². The average molecular weight is 328 g/mol. The first-order chi connectivity index (χ1) is 11.0. The van der Waals surface area contributed by atoms with Crippen LogP contribution < -0.4 is 0 Å². The largest absolute Gasteiger partial charge is 0.392 e. The Morgan fingerprint density at radius 3 is 2.61 bits per heavy atom. The van der Waals surface area contributed by atoms with E-state index in [1.54, 1.807) is 4.90 Å². The quantitative estimate of drug-likeness (QED) is 0.910. The Morgan fingerprint density at radius 1 is 1.26 bits per heavy atom. The highest BCUT2D eigenvalue weighted by atomic mass is 19.3. The Labute approximate surface area is 133 Å². The zero-order valence-electron chi connectivity index (χ0n) is 12.9. The van der Waals surface area contributed by atoms with Crippen molar-refractivity contribution in [3.63, 3.8) is 0 Å². The van der Waals surface area contributed by atoms with Gasteiger partial charge in [0.05, 0.1) is 6.10 Å². The Bertz CT molecular complexity index is 543. The van der Waals surface area contributed by atoms with E-state index in [1.807, 2.05) is 0 Å². The fraction of sp³-hybridized carbons (Fsp3) is 0.733. The van der Waals surface area contributed by atoms with E-state index in [0.29, 0.717) is 30.4 Å². The minimum absolute atomic E-state index is 0.0668. The number of carbonyl (C=O) groups is 1. The van der Waals surface area contributed by atoms with E-state index in [-0.39, 0.29) is 17.7 Å². The molecule has 8 heteroatoms. The first-order valence-electron chi connectivity index (χ1n) is 8.09. The molecule has 2 aliphatic heterocycles. The summed E-state index contributed by atoms with van der Waals surface area (Å²) < 4.78 is 25.5. The van der Waals surface area contributed by atoms with Crippen LogP contribution in [0.4, 0.5) is 8.78 Å². The summed E-state index contributed by atoms with van der Waals surface area (Å²) in [7, 11) is 0. The molecule has 23 heavy (non-hydrogen) atoms. The molecule has 2 aliphatic rings. The molecule has 0 radical (unpaired) electrons. The molecule has 3 heterocycles. The summed E-state index contributed by atoms with van der Waals surface area (Å²) >= 11 is 0. The number of piperidine rings is 2. The van der Waals surface area contributed by atoms with Crippen molar-refractivity contribution in [1.82, 2.24) is 19.6 Å². The molecule has 3 rings (SSSR count). The summed E-state index contributed by atoms with van der Waals surface area (Å²) in [6.45, 7) is 0.161. The minimum Gasteiger partial charge on any atom is -0.392 e. The molecule has 1 amide bonds. The van der Waals surface area contributed by atoms with Crippen molar-refractivity contribution in [2.45, 2.75) is 44.4 Å². The van der Waals surface area contributed by atoms with Gasteiger partial charge < -0.3 is 10.0 Å². The monoisotopic (exact) mass is 328 g/mol. The van der Waals surface area contributed by atoms with Gasteiger partial charge in [0.25, 0.3) is 5.91 Å². The van der Waals surface area contributed by atoms with Gasteiger partial charge in [0.1, 0.15) is 0 Å². The van der Waals surface area contributed by atoms with Crippen LogP contribution in [0.25, 0.3) is 0 Å². The highest BCUT2D eigenvalue weighted by molar-refractivity contribution is 5.92. The number of likely N-dealkylation sites (tertiary alicyclic amines) is 2. The Kier molecular flexibility index (Phi) is 4.91. The van der Waals surface area contributed by atoms with Crippen LogP contribution in [0.5, 0.6) is 0 Å². The minimum atomic E-state index is -2.73. The lowest BCUT2D eigenvalue weighted by Gasteiger charge is -2.41. The van der Waals surface area contributed by atoms with Gasteiger partial charge in [0, 0.05) is 31.9 Å². The summed E-state index contributed by atoms with van der Waals surface area (Å²) in [5.74, 6) is -0.290. The lowest BCUT2D eigenvalue weighted by molar-refractivity contribution is 0.0237. The number of hydrogen-bond donors (Lipinski definition) is 1. The topological polar surface area (TPSA) is 61.6 Å². The maximum Gasteiger partial charge on any atom is 0.333 e. The lowest BCUT2D eigenvalue weighted by atomic mass is 9.99. The van der Waals surface area contributed by atoms with Gasteiger partial charge in [-0.25, -0.2) is 4.68 Å². The van der Waals surface area contributed by atoms with Crippen molar-refractivity contribution in [3.05, 3.63) is 18.0 Å². The zero-order chi connectivity index (χ0) is 16.4. The molecule has 0 unspecified atom stereocenters. The second-order valence-electron chi connectivity index (χ2n) is 6.27. The van der Waals surface area contributed by atoms with Gasteiger partial charge in [-0.2, -0.15) is 13.9 Å². The maximum atomic E-state index is 12.5. The smallest absolute Gasteiger partial charge is 0.333 e. The van der Waals surface area contributed by atoms with Gasteiger partial charge in [-0.1, -0.05) is 0 Å². The van der Waals surface area contributed by atoms with E-state index >= 15 is 0 Å². The number of aliphatic hydroxyl groups excluding tert-OH is 1. The third kappa shape index (κ3) is 3.69. The number of rotatable bonds is 3. The van der Waals surface area contributed by atoms with Crippen molar-refractivity contribution in [2.24, 2.45) is 0 Å². The van der Waals surface area contributed by atoms with Gasteiger partial charge in [-0.3, -0.25) is 9.69 Å². The molecular weight excluding hydrogens is 306 g/mol. The van der Waals surface area contributed by atoms with Gasteiger partial charge in [-0.15, -0.1) is 0 Å². The second kappa shape index (κ2) is 6.92. The van der Waals surface area contributed by atoms with E-state index in [0.717, 1.165) is 38.4 Å². The van der Waals surface area contributed by atoms with Crippen LogP contribution in [0.15, 0.2) is 12.3 Å². The van der Waals surface area contributed by atoms with Gasteiger partial charge >= 0.3 is 6.55 Å². The molecule has 1 aromatic rings. The molecule has 2 saturated heterocycles. The number of aliphatic hydroxyl groups is 1. The van der Waals surface area contributed by atoms with Crippen molar-refractivity contribution >= 4 is 5.91 Å². The van der Waals surface area contributed by atoms with E-state index in [2.05, 4.69) is 10.00 Å². The SMILES string of the molecule is O=C(c1ccn(C(F)F)n1)N1CCC(N2CCC[C@@H](O)C2)CC1. The Hall–Kier alpha value is -1.54. The number of β-amino-alcohol motifs (C(OH)–C–C–N with tert-alkyl or cyclic N) is 1. The Balaban J connectivity index is 1.54. The van der Waals surface area contributed by atoms with E-state index in [1.165, 1.54) is 6.07 Å². The van der Waals surface area contributed by atoms with Crippen LogP contribution in [0.2, 0.25) is 0 Å². The number of hydrogen-bond acceptors (Lipinski definition) is 4. The van der Waals surface area contributed by atoms with Crippen molar-refractivity contribution in [1.29, 1.82) is 0 Å². The van der Waals surface area contributed by atoms with Crippen molar-refractivity contribution in [3.8, 4) is 0 Å². The summed E-state index contributed by atoms with van der Waals surface area (Å²) in [6.07, 6.45) is 4.43. The molecule has 0 bridgehead atoms. The first-order valence-corrected chi connectivity index (χ1v) is 8.09. The van der Waals surface area contributed by atoms with Crippen molar-refractivity contribution in [2.75, 3.05) is 26.2 Å². The van der Waals surface area contributed by atoms with E-state index in [4.69, 9.17) is 0 Å². The average Bonchev–Trinajstić information content (AvgIpc) is 3.04. The van der Waals surface area contributed by atoms with Crippen LogP contribution in [0.1, 0.15) is 42.7 Å². The molecule has 6 nitrogen and oxygen atoms in total. The molecule has 1 N–H and O–H groups in total. The van der Waals surface area contributed by atoms with Crippen LogP contribution in [-0.4, -0.2) is 68.9 Å². The number of aromatic nitrogens is 2. The molecule has 0 aliphatic carbocycles. The number of alkyl halides is 2. The molecule has 0 saturated carbocycles. The second-order valence-corrected chi connectivity index (χ2v) is 6.27. The lowest BCUT2D eigenvalue weighted by Crippen LogP contribution is -2.50. The molecule has 0 aromatic carbocycles. The van der Waals surface area contributed by atoms with Gasteiger partial charge in [0.2, 0.25) is 0 Å². The standard InChI is InChI=1S/C15H22F2N4O2/c16-15(17)21-9-5-13(18-21)14(23)19-7-3-11(4-8-19)20-6-1-2-12(22)10-20/h5,9,11-12,15,22H,1-4,6-8,10H2/t12-/m1/s1. The van der Waals surface area contributed by atoms with Crippen LogP contribution in [0, 0.1) is 0 Å². The van der Waals surface area contributed by atoms with Gasteiger partial charge in [0.15, 0.2) is 5.69 Å². The molecular formula is C15H22F2N4O2. The van der Waals surface area contributed by atoms with Crippen molar-refractivity contribution < 1.29 is 18.7 Å². The summed E-state index contributed by atoms with van der Waals surface area (Å²) in [4.78, 5) is 16.3. The third-order valence-corrected chi connectivity index (χ3v) is 4.72. The van der Waals surface area contributed by atoms with Crippen LogP contribution >= 0.6 is 0 Å². The maximum absolute atomic E-state index is 12.5. The van der Waals surface area contributed by atoms with Gasteiger partial charge in [-0.05, 0) is 38.3 Å². The van der Waals surface area contributed by atoms with Crippen LogP contribution in [0.3, 0.4) is 0 Å². The zero-order valence-corrected chi connectivity index (χ0v) is 12.9. The fourth-order valence-electron chi connectivity index (χ4n) is 3.47. The molecule has 1 aromatic heterocycles. The van der Waals surface area contributed by atoms with Crippen LogP contribution in [-0.2, 0) is 0 Å². The number of carbonyl (C=O) groups excluding carboxylic acids is 1. The summed E-state index contributed by atoms with van der Waals surface area (Å²) in [5.41, 5.74) is 0.0668. The first kappa shape index (κ1) is 16.3. The summed E-state index contributed by atoms with van der Waals surface area (Å²) in [5, 5.41) is 13.4. The molecule has 2 fully saturated rings. The highest BCUT2D eigenvalue weighted by Crippen LogP contribution is 2.22.